The average molecular weight is 1040 g/mol. The first-order valence-electron chi connectivity index (χ1n) is 30.3. The molecule has 6 heteroatoms. The summed E-state index contributed by atoms with van der Waals surface area (Å²) in [5.74, 6) is -0.995. The fourth-order valence-corrected chi connectivity index (χ4v) is 7.83. The Morgan fingerprint density at radius 3 is 0.867 bits per heavy atom. The molecule has 0 radical (unpaired) electrons. The number of hydrogen-bond acceptors (Lipinski definition) is 6. The minimum Gasteiger partial charge on any atom is -0.462 e. The minimum atomic E-state index is -0.819. The quantitative estimate of drug-likeness (QED) is 0.0261. The molecule has 0 saturated heterocycles. The maximum absolute atomic E-state index is 12.9. The van der Waals surface area contributed by atoms with Gasteiger partial charge in [-0.2, -0.15) is 0 Å². The molecule has 0 aromatic rings. The summed E-state index contributed by atoms with van der Waals surface area (Å²) < 4.78 is 16.8. The van der Waals surface area contributed by atoms with Crippen LogP contribution in [0.3, 0.4) is 0 Å². The molecule has 1 atom stereocenters. The molecule has 0 aliphatic rings. The zero-order chi connectivity index (χ0) is 54.3. The normalized spacial score (nSPS) is 13.2. The second-order valence-corrected chi connectivity index (χ2v) is 19.5. The fourth-order valence-electron chi connectivity index (χ4n) is 7.83. The summed E-state index contributed by atoms with van der Waals surface area (Å²) in [6.45, 7) is 6.32. The highest BCUT2D eigenvalue weighted by Gasteiger charge is 2.19. The lowest BCUT2D eigenvalue weighted by atomic mass is 10.1. The highest BCUT2D eigenvalue weighted by atomic mass is 16.6. The van der Waals surface area contributed by atoms with Gasteiger partial charge in [-0.25, -0.2) is 0 Å². The Morgan fingerprint density at radius 1 is 0.280 bits per heavy atom. The van der Waals surface area contributed by atoms with Gasteiger partial charge in [0.25, 0.3) is 0 Å². The number of esters is 3. The smallest absolute Gasteiger partial charge is 0.306 e. The maximum Gasteiger partial charge on any atom is 0.306 e. The van der Waals surface area contributed by atoms with E-state index in [-0.39, 0.29) is 37.5 Å². The third-order valence-corrected chi connectivity index (χ3v) is 12.3. The molecule has 0 aromatic carbocycles. The summed E-state index contributed by atoms with van der Waals surface area (Å²) in [5.41, 5.74) is 0. The van der Waals surface area contributed by atoms with Crippen molar-refractivity contribution in [3.8, 4) is 0 Å². The molecule has 6 nitrogen and oxygen atoms in total. The van der Waals surface area contributed by atoms with Crippen LogP contribution >= 0.6 is 0 Å². The highest BCUT2D eigenvalue weighted by molar-refractivity contribution is 5.71. The van der Waals surface area contributed by atoms with Crippen molar-refractivity contribution < 1.29 is 28.6 Å². The van der Waals surface area contributed by atoms with Gasteiger partial charge in [0, 0.05) is 19.3 Å². The Hall–Kier alpha value is -4.71. The van der Waals surface area contributed by atoms with Gasteiger partial charge in [-0.15, -0.1) is 0 Å². The average Bonchev–Trinajstić information content (AvgIpc) is 3.41. The topological polar surface area (TPSA) is 78.9 Å². The van der Waals surface area contributed by atoms with Crippen molar-refractivity contribution in [2.24, 2.45) is 0 Å². The van der Waals surface area contributed by atoms with Crippen molar-refractivity contribution in [1.82, 2.24) is 0 Å². The van der Waals surface area contributed by atoms with E-state index in [2.05, 4.69) is 167 Å². The van der Waals surface area contributed by atoms with Gasteiger partial charge in [-0.3, -0.25) is 14.4 Å². The molecule has 0 fully saturated rings. The summed E-state index contributed by atoms with van der Waals surface area (Å²) in [4.78, 5) is 38.3. The van der Waals surface area contributed by atoms with Crippen LogP contribution in [-0.2, 0) is 28.6 Å². The van der Waals surface area contributed by atoms with Crippen LogP contribution in [0.15, 0.2) is 146 Å². The van der Waals surface area contributed by atoms with E-state index in [1.807, 2.05) is 0 Å². The van der Waals surface area contributed by atoms with Crippen molar-refractivity contribution in [1.29, 1.82) is 0 Å². The van der Waals surface area contributed by atoms with Gasteiger partial charge in [0.05, 0.1) is 0 Å². The summed E-state index contributed by atoms with van der Waals surface area (Å²) in [7, 11) is 0. The minimum absolute atomic E-state index is 0.111. The molecule has 0 bridgehead atoms. The van der Waals surface area contributed by atoms with Crippen LogP contribution < -0.4 is 0 Å². The number of ether oxygens (including phenoxy) is 3. The van der Waals surface area contributed by atoms with Gasteiger partial charge >= 0.3 is 17.9 Å². The largest absolute Gasteiger partial charge is 0.462 e. The zero-order valence-electron chi connectivity index (χ0n) is 48.3. The Kier molecular flexibility index (Phi) is 58.0. The van der Waals surface area contributed by atoms with Crippen LogP contribution in [0.25, 0.3) is 0 Å². The molecule has 75 heavy (non-hydrogen) atoms. The van der Waals surface area contributed by atoms with Gasteiger partial charge in [0.15, 0.2) is 6.10 Å². The zero-order valence-corrected chi connectivity index (χ0v) is 48.3. The van der Waals surface area contributed by atoms with E-state index in [9.17, 15) is 14.4 Å². The van der Waals surface area contributed by atoms with Crippen molar-refractivity contribution in [3.63, 3.8) is 0 Å². The molecule has 0 rings (SSSR count). The van der Waals surface area contributed by atoms with E-state index in [0.29, 0.717) is 19.3 Å². The Balaban J connectivity index is 4.52. The highest BCUT2D eigenvalue weighted by Crippen LogP contribution is 2.14. The van der Waals surface area contributed by atoms with E-state index in [1.165, 1.54) is 70.6 Å². The second-order valence-electron chi connectivity index (χ2n) is 19.5. The van der Waals surface area contributed by atoms with Gasteiger partial charge in [0.1, 0.15) is 13.2 Å². The number of carbonyl (C=O) groups is 3. The van der Waals surface area contributed by atoms with Crippen LogP contribution in [-0.4, -0.2) is 37.2 Å². The van der Waals surface area contributed by atoms with Crippen LogP contribution in [0.4, 0.5) is 0 Å². The summed E-state index contributed by atoms with van der Waals surface area (Å²) in [6, 6.07) is 0. The Morgan fingerprint density at radius 2 is 0.533 bits per heavy atom. The molecule has 0 amide bonds. The van der Waals surface area contributed by atoms with E-state index >= 15 is 0 Å². The predicted molar refractivity (Wildman–Crippen MR) is 325 cm³/mol. The predicted octanol–water partition coefficient (Wildman–Crippen LogP) is 20.8. The third kappa shape index (κ3) is 60.0. The molecular formula is C69H110O6. The first-order valence-corrected chi connectivity index (χ1v) is 30.3. The number of unbranched alkanes of at least 4 members (excludes halogenated alkanes) is 18. The van der Waals surface area contributed by atoms with Crippen molar-refractivity contribution in [2.45, 2.75) is 258 Å². The van der Waals surface area contributed by atoms with Gasteiger partial charge < -0.3 is 14.2 Å². The molecule has 0 N–H and O–H groups in total. The van der Waals surface area contributed by atoms with E-state index in [0.717, 1.165) is 135 Å². The molecule has 0 heterocycles. The van der Waals surface area contributed by atoms with Crippen LogP contribution in [0.5, 0.6) is 0 Å². The summed E-state index contributed by atoms with van der Waals surface area (Å²) >= 11 is 0. The van der Waals surface area contributed by atoms with Crippen molar-refractivity contribution in [2.75, 3.05) is 13.2 Å². The Labute approximate surface area is 461 Å². The molecular weight excluding hydrogens is 925 g/mol. The molecule has 422 valence electrons. The molecule has 0 aromatic heterocycles. The molecule has 1 unspecified atom stereocenters. The molecule has 0 aliphatic carbocycles. The summed E-state index contributed by atoms with van der Waals surface area (Å²) in [6.07, 6.45) is 88.4. The molecule has 0 saturated carbocycles. The van der Waals surface area contributed by atoms with Gasteiger partial charge in [-0.1, -0.05) is 244 Å². The van der Waals surface area contributed by atoms with Gasteiger partial charge in [0.2, 0.25) is 0 Å². The lowest BCUT2D eigenvalue weighted by Gasteiger charge is -2.18. The first-order chi connectivity index (χ1) is 37.0. The van der Waals surface area contributed by atoms with E-state index in [1.54, 1.807) is 0 Å². The standard InChI is InChI=1S/C69H110O6/c1-4-7-10-13-16-19-22-25-28-31-33-34-36-38-41-44-47-50-53-56-59-62-68(71)74-65-66(64-73-67(70)61-58-55-52-49-46-43-40-37-30-27-24-21-18-15-12-9-6-3)75-69(72)63-60-57-54-51-48-45-42-39-35-32-29-26-23-20-17-14-11-8-5-2/h7,9-10,12,16-21,25-30,33-35,39-40,43,49,52,66H,4-6,8,11,13-15,22-24,31-32,36-38,41-42,44-48,50-51,53-65H2,1-3H3/b10-7-,12-9-,19-16-,20-17-,21-18-,28-25-,29-26-,30-27-,34-33-,39-35-,43-40-,52-49-. The van der Waals surface area contributed by atoms with E-state index in [4.69, 9.17) is 14.2 Å². The van der Waals surface area contributed by atoms with Gasteiger partial charge in [-0.05, 0) is 135 Å². The lowest BCUT2D eigenvalue weighted by molar-refractivity contribution is -0.167. The maximum atomic E-state index is 12.9. The van der Waals surface area contributed by atoms with E-state index < -0.39 is 6.10 Å². The van der Waals surface area contributed by atoms with Crippen LogP contribution in [0, 0.1) is 0 Å². The number of rotatable bonds is 53. The molecule has 0 spiro atoms. The number of hydrogen-bond donors (Lipinski definition) is 0. The number of carbonyl (C=O) groups excluding carboxylic acids is 3. The SMILES string of the molecule is CC/C=C\C/C=C\C/C=C\C/C=C\C/C=C\CCCC(=O)OCC(COC(=O)CCCCCCCCCC/C=C\C/C=C\C/C=C\C/C=C\CC)OC(=O)CCCCCCCC/C=C\C/C=C\C/C=C\CCCCC. The molecule has 0 aliphatic heterocycles. The fraction of sp³-hybridized carbons (Fsp3) is 0.609. The second kappa shape index (κ2) is 61.8. The lowest BCUT2D eigenvalue weighted by Crippen LogP contribution is -2.30. The van der Waals surface area contributed by atoms with Crippen LogP contribution in [0.1, 0.15) is 252 Å². The first kappa shape index (κ1) is 70.3. The third-order valence-electron chi connectivity index (χ3n) is 12.3. The van der Waals surface area contributed by atoms with Crippen LogP contribution in [0.2, 0.25) is 0 Å². The monoisotopic (exact) mass is 1030 g/mol. The van der Waals surface area contributed by atoms with Crippen molar-refractivity contribution >= 4 is 17.9 Å². The number of allylic oxidation sites excluding steroid dienone is 24. The Bertz CT molecular complexity index is 1660. The summed E-state index contributed by atoms with van der Waals surface area (Å²) in [5, 5.41) is 0. The van der Waals surface area contributed by atoms with Crippen molar-refractivity contribution in [3.05, 3.63) is 146 Å².